The van der Waals surface area contributed by atoms with Gasteiger partial charge in [0.2, 0.25) is 0 Å². The quantitative estimate of drug-likeness (QED) is 0.430. The second kappa shape index (κ2) is 13.9. The third-order valence-corrected chi connectivity index (χ3v) is 3.94. The van der Waals surface area contributed by atoms with Crippen molar-refractivity contribution >= 4 is 11.8 Å². The predicted molar refractivity (Wildman–Crippen MR) is 101 cm³/mol. The molecule has 10 nitrogen and oxygen atoms in total. The summed E-state index contributed by atoms with van der Waals surface area (Å²) in [5.74, 6) is -0.628. The zero-order valence-corrected chi connectivity index (χ0v) is 17.0. The first-order chi connectivity index (χ1) is 13.6. The standard InChI is InChI=1S/C18H30N4O6/c1-25-9-5-21(6-10-26-2)17(23)15-13-16(20-14-19-15)18(24)22(7-11-27-3)8-12-28-4/h13-14H,5-12H2,1-4H3. The lowest BCUT2D eigenvalue weighted by Gasteiger charge is -2.23. The van der Waals surface area contributed by atoms with E-state index in [0.717, 1.165) is 0 Å². The molecular weight excluding hydrogens is 368 g/mol. The zero-order valence-electron chi connectivity index (χ0n) is 17.0. The van der Waals surface area contributed by atoms with Crippen LogP contribution in [-0.4, -0.2) is 113 Å². The van der Waals surface area contributed by atoms with Gasteiger partial charge in [0.15, 0.2) is 0 Å². The van der Waals surface area contributed by atoms with Gasteiger partial charge in [0.05, 0.1) is 26.4 Å². The third kappa shape index (κ3) is 7.85. The van der Waals surface area contributed by atoms with Crippen molar-refractivity contribution in [2.24, 2.45) is 0 Å². The van der Waals surface area contributed by atoms with Crippen molar-refractivity contribution in [2.75, 3.05) is 81.0 Å². The van der Waals surface area contributed by atoms with E-state index < -0.39 is 0 Å². The molecule has 1 heterocycles. The Labute approximate surface area is 165 Å². The molecule has 0 aliphatic heterocycles. The maximum atomic E-state index is 12.8. The first-order valence-electron chi connectivity index (χ1n) is 8.95. The van der Waals surface area contributed by atoms with E-state index in [1.54, 1.807) is 38.2 Å². The molecule has 1 rings (SSSR count). The van der Waals surface area contributed by atoms with Gasteiger partial charge in [-0.1, -0.05) is 0 Å². The van der Waals surface area contributed by atoms with E-state index in [4.69, 9.17) is 18.9 Å². The van der Waals surface area contributed by atoms with Gasteiger partial charge in [0.25, 0.3) is 11.8 Å². The molecule has 2 amide bonds. The summed E-state index contributed by atoms with van der Waals surface area (Å²) in [6.07, 6.45) is 1.22. The molecule has 0 unspecified atom stereocenters. The maximum Gasteiger partial charge on any atom is 0.272 e. The second-order valence-electron chi connectivity index (χ2n) is 5.84. The molecule has 0 N–H and O–H groups in total. The second-order valence-corrected chi connectivity index (χ2v) is 5.84. The number of methoxy groups -OCH3 is 4. The molecule has 0 radical (unpaired) electrons. The van der Waals surface area contributed by atoms with Crippen molar-refractivity contribution in [1.82, 2.24) is 19.8 Å². The largest absolute Gasteiger partial charge is 0.383 e. The summed E-state index contributed by atoms with van der Waals surface area (Å²) in [6.45, 7) is 3.09. The summed E-state index contributed by atoms with van der Waals surface area (Å²) >= 11 is 0. The van der Waals surface area contributed by atoms with E-state index >= 15 is 0 Å². The number of rotatable bonds is 14. The van der Waals surface area contributed by atoms with E-state index in [2.05, 4.69) is 9.97 Å². The van der Waals surface area contributed by atoms with Gasteiger partial charge in [-0.3, -0.25) is 9.59 Å². The van der Waals surface area contributed by atoms with Crippen molar-refractivity contribution in [2.45, 2.75) is 0 Å². The predicted octanol–water partition coefficient (Wildman–Crippen LogP) is -0.0534. The first kappa shape index (κ1) is 23.9. The lowest BCUT2D eigenvalue weighted by atomic mass is 10.2. The molecule has 0 bridgehead atoms. The highest BCUT2D eigenvalue weighted by atomic mass is 16.5. The van der Waals surface area contributed by atoms with Crippen molar-refractivity contribution in [3.63, 3.8) is 0 Å². The normalized spacial score (nSPS) is 10.7. The van der Waals surface area contributed by atoms with Gasteiger partial charge in [0, 0.05) is 60.7 Å². The molecule has 0 aromatic carbocycles. The average Bonchev–Trinajstić information content (AvgIpc) is 2.73. The van der Waals surface area contributed by atoms with Crippen LogP contribution in [0.1, 0.15) is 21.0 Å². The number of aromatic nitrogens is 2. The van der Waals surface area contributed by atoms with Crippen LogP contribution in [0.4, 0.5) is 0 Å². The fourth-order valence-corrected chi connectivity index (χ4v) is 2.35. The van der Waals surface area contributed by atoms with E-state index in [9.17, 15) is 9.59 Å². The Morgan fingerprint density at radius 2 is 1.04 bits per heavy atom. The van der Waals surface area contributed by atoms with Crippen molar-refractivity contribution in [3.8, 4) is 0 Å². The van der Waals surface area contributed by atoms with Crippen LogP contribution in [0.15, 0.2) is 12.4 Å². The van der Waals surface area contributed by atoms with Crippen LogP contribution in [0.25, 0.3) is 0 Å². The fraction of sp³-hybridized carbons (Fsp3) is 0.667. The molecule has 0 saturated heterocycles. The topological polar surface area (TPSA) is 103 Å². The van der Waals surface area contributed by atoms with Crippen LogP contribution >= 0.6 is 0 Å². The molecule has 0 saturated carbocycles. The zero-order chi connectivity index (χ0) is 20.8. The summed E-state index contributed by atoms with van der Waals surface area (Å²) in [7, 11) is 6.26. The fourth-order valence-electron chi connectivity index (χ4n) is 2.35. The Morgan fingerprint density at radius 1 is 0.714 bits per heavy atom. The van der Waals surface area contributed by atoms with Gasteiger partial charge in [-0.25, -0.2) is 9.97 Å². The summed E-state index contributed by atoms with van der Waals surface area (Å²) in [4.78, 5) is 36.8. The van der Waals surface area contributed by atoms with Crippen LogP contribution < -0.4 is 0 Å². The van der Waals surface area contributed by atoms with E-state index in [-0.39, 0.29) is 23.2 Å². The van der Waals surface area contributed by atoms with Crippen LogP contribution in [-0.2, 0) is 18.9 Å². The summed E-state index contributed by atoms with van der Waals surface area (Å²) in [5, 5.41) is 0. The van der Waals surface area contributed by atoms with Crippen LogP contribution in [0.3, 0.4) is 0 Å². The minimum atomic E-state index is -0.314. The average molecular weight is 398 g/mol. The Morgan fingerprint density at radius 3 is 1.32 bits per heavy atom. The number of carbonyl (C=O) groups excluding carboxylic acids is 2. The highest BCUT2D eigenvalue weighted by Crippen LogP contribution is 2.07. The number of carbonyl (C=O) groups is 2. The molecule has 10 heteroatoms. The molecule has 0 fully saturated rings. The summed E-state index contributed by atoms with van der Waals surface area (Å²) in [6, 6.07) is 1.41. The van der Waals surface area contributed by atoms with Gasteiger partial charge in [0.1, 0.15) is 17.7 Å². The highest BCUT2D eigenvalue weighted by Gasteiger charge is 2.21. The Bertz CT molecular complexity index is 538. The molecule has 0 spiro atoms. The molecular formula is C18H30N4O6. The lowest BCUT2D eigenvalue weighted by Crippen LogP contribution is -2.38. The van der Waals surface area contributed by atoms with E-state index in [0.29, 0.717) is 52.6 Å². The SMILES string of the molecule is COCCN(CCOC)C(=O)c1cc(C(=O)N(CCOC)CCOC)ncn1. The van der Waals surface area contributed by atoms with Crippen LogP contribution in [0.5, 0.6) is 0 Å². The van der Waals surface area contributed by atoms with Crippen LogP contribution in [0, 0.1) is 0 Å². The number of hydrogen-bond donors (Lipinski definition) is 0. The Balaban J connectivity index is 2.97. The third-order valence-electron chi connectivity index (χ3n) is 3.94. The molecule has 158 valence electrons. The maximum absolute atomic E-state index is 12.8. The number of amides is 2. The minimum absolute atomic E-state index is 0.143. The van der Waals surface area contributed by atoms with E-state index in [1.165, 1.54) is 12.4 Å². The molecule has 1 aromatic rings. The smallest absolute Gasteiger partial charge is 0.272 e. The van der Waals surface area contributed by atoms with Gasteiger partial charge < -0.3 is 28.7 Å². The van der Waals surface area contributed by atoms with Gasteiger partial charge >= 0.3 is 0 Å². The molecule has 28 heavy (non-hydrogen) atoms. The van der Waals surface area contributed by atoms with Gasteiger partial charge in [-0.05, 0) is 0 Å². The monoisotopic (exact) mass is 398 g/mol. The first-order valence-corrected chi connectivity index (χ1v) is 8.95. The number of ether oxygens (including phenoxy) is 4. The minimum Gasteiger partial charge on any atom is -0.383 e. The molecule has 1 aromatic heterocycles. The van der Waals surface area contributed by atoms with Gasteiger partial charge in [-0.2, -0.15) is 0 Å². The molecule has 0 aliphatic rings. The molecule has 0 aliphatic carbocycles. The molecule has 0 atom stereocenters. The van der Waals surface area contributed by atoms with Crippen molar-refractivity contribution in [1.29, 1.82) is 0 Å². The van der Waals surface area contributed by atoms with E-state index in [1.807, 2.05) is 0 Å². The van der Waals surface area contributed by atoms with Crippen LogP contribution in [0.2, 0.25) is 0 Å². The number of nitrogens with zero attached hydrogens (tertiary/aromatic N) is 4. The Hall–Kier alpha value is -2.14. The lowest BCUT2D eigenvalue weighted by molar-refractivity contribution is 0.0615. The highest BCUT2D eigenvalue weighted by molar-refractivity contribution is 5.97. The summed E-state index contributed by atoms with van der Waals surface area (Å²) in [5.41, 5.74) is 0.285. The van der Waals surface area contributed by atoms with Crippen molar-refractivity contribution < 1.29 is 28.5 Å². The summed E-state index contributed by atoms with van der Waals surface area (Å²) < 4.78 is 20.2. The van der Waals surface area contributed by atoms with Crippen molar-refractivity contribution in [3.05, 3.63) is 23.8 Å². The van der Waals surface area contributed by atoms with Gasteiger partial charge in [-0.15, -0.1) is 0 Å². The Kier molecular flexibility index (Phi) is 11.9. The number of hydrogen-bond acceptors (Lipinski definition) is 8.